The molecular weight excluding hydrogens is 264 g/mol. The van der Waals surface area contributed by atoms with E-state index < -0.39 is 40.4 Å². The van der Waals surface area contributed by atoms with Gasteiger partial charge in [0, 0.05) is 12.6 Å². The van der Waals surface area contributed by atoms with Crippen molar-refractivity contribution in [3.05, 3.63) is 33.9 Å². The van der Waals surface area contributed by atoms with E-state index in [4.69, 9.17) is 10.5 Å². The van der Waals surface area contributed by atoms with Gasteiger partial charge in [-0.25, -0.2) is 8.78 Å². The molecule has 0 spiro atoms. The van der Waals surface area contributed by atoms with Gasteiger partial charge < -0.3 is 15.8 Å². The summed E-state index contributed by atoms with van der Waals surface area (Å²) in [6.07, 6.45) is 0. The number of halogens is 2. The molecule has 0 aliphatic rings. The molecule has 0 aliphatic carbocycles. The lowest BCUT2D eigenvalue weighted by molar-refractivity contribution is -0.384. The van der Waals surface area contributed by atoms with Crippen molar-refractivity contribution in [3.8, 4) is 0 Å². The minimum absolute atomic E-state index is 0.113. The molecule has 1 rings (SSSR count). The Kier molecular flexibility index (Phi) is 5.27. The molecule has 0 atom stereocenters. The van der Waals surface area contributed by atoms with Crippen LogP contribution in [0.4, 0.5) is 20.2 Å². The fourth-order valence-electron chi connectivity index (χ4n) is 1.25. The lowest BCUT2D eigenvalue weighted by Gasteiger charge is -2.07. The number of anilines is 1. The molecule has 1 amide bonds. The summed E-state index contributed by atoms with van der Waals surface area (Å²) in [5.41, 5.74) is 3.55. The van der Waals surface area contributed by atoms with Crippen molar-refractivity contribution in [2.24, 2.45) is 5.73 Å². The number of carbonyl (C=O) groups excluding carboxylic acids is 1. The van der Waals surface area contributed by atoms with E-state index in [1.165, 1.54) is 0 Å². The third-order valence-corrected chi connectivity index (χ3v) is 1.99. The molecule has 7 nitrogen and oxygen atoms in total. The van der Waals surface area contributed by atoms with Gasteiger partial charge >= 0.3 is 0 Å². The zero-order chi connectivity index (χ0) is 14.4. The monoisotopic (exact) mass is 275 g/mol. The molecule has 1 aromatic rings. The Morgan fingerprint density at radius 1 is 1.47 bits per heavy atom. The van der Waals surface area contributed by atoms with Gasteiger partial charge in [-0.2, -0.15) is 0 Å². The molecule has 9 heteroatoms. The first-order chi connectivity index (χ1) is 8.95. The Morgan fingerprint density at radius 2 is 2.16 bits per heavy atom. The number of hydrogen-bond acceptors (Lipinski definition) is 5. The van der Waals surface area contributed by atoms with Gasteiger partial charge in [0.15, 0.2) is 11.5 Å². The Labute approximate surface area is 106 Å². The summed E-state index contributed by atoms with van der Waals surface area (Å²) >= 11 is 0. The zero-order valence-corrected chi connectivity index (χ0v) is 9.69. The van der Waals surface area contributed by atoms with E-state index in [1.54, 1.807) is 0 Å². The maximum Gasteiger partial charge on any atom is 0.298 e. The lowest BCUT2D eigenvalue weighted by Crippen LogP contribution is -2.22. The van der Waals surface area contributed by atoms with Gasteiger partial charge in [0.05, 0.1) is 17.6 Å². The van der Waals surface area contributed by atoms with Crippen molar-refractivity contribution in [1.82, 2.24) is 0 Å². The van der Waals surface area contributed by atoms with Crippen LogP contribution < -0.4 is 11.1 Å². The average molecular weight is 275 g/mol. The Balaban J connectivity index is 2.88. The first kappa shape index (κ1) is 14.9. The number of ether oxygens (including phenoxy) is 1. The molecule has 0 aliphatic heterocycles. The standard InChI is InChI=1S/C10H11F2N3O4/c11-6-3-7(12)10(8(4-6)15(17)18)14-9(16)5-19-2-1-13/h3-4H,1-2,5,13H2,(H,14,16). The molecule has 1 aromatic carbocycles. The van der Waals surface area contributed by atoms with Gasteiger partial charge in [-0.3, -0.25) is 14.9 Å². The van der Waals surface area contributed by atoms with Crippen LogP contribution in [0.2, 0.25) is 0 Å². The molecule has 0 radical (unpaired) electrons. The van der Waals surface area contributed by atoms with Crippen LogP contribution >= 0.6 is 0 Å². The maximum atomic E-state index is 13.4. The first-order valence-electron chi connectivity index (χ1n) is 5.16. The highest BCUT2D eigenvalue weighted by atomic mass is 19.1. The molecule has 0 heterocycles. The molecule has 0 aromatic heterocycles. The van der Waals surface area contributed by atoms with Gasteiger partial charge in [-0.05, 0) is 0 Å². The number of rotatable bonds is 6. The van der Waals surface area contributed by atoms with Crippen molar-refractivity contribution in [1.29, 1.82) is 0 Å². The number of benzene rings is 1. The molecule has 0 bridgehead atoms. The highest BCUT2D eigenvalue weighted by Crippen LogP contribution is 2.28. The Hall–Kier alpha value is -2.13. The molecule has 0 unspecified atom stereocenters. The third-order valence-electron chi connectivity index (χ3n) is 1.99. The van der Waals surface area contributed by atoms with Gasteiger partial charge in [-0.15, -0.1) is 0 Å². The van der Waals surface area contributed by atoms with Crippen molar-refractivity contribution in [2.45, 2.75) is 0 Å². The van der Waals surface area contributed by atoms with Crippen LogP contribution in [0.1, 0.15) is 0 Å². The third kappa shape index (κ3) is 4.23. The van der Waals surface area contributed by atoms with E-state index in [9.17, 15) is 23.7 Å². The summed E-state index contributed by atoms with van der Waals surface area (Å²) in [7, 11) is 0. The smallest absolute Gasteiger partial charge is 0.298 e. The molecule has 19 heavy (non-hydrogen) atoms. The Morgan fingerprint density at radius 3 is 2.74 bits per heavy atom. The fraction of sp³-hybridized carbons (Fsp3) is 0.300. The second-order valence-corrected chi connectivity index (χ2v) is 3.43. The number of hydrogen-bond donors (Lipinski definition) is 2. The molecule has 0 fully saturated rings. The van der Waals surface area contributed by atoms with Crippen LogP contribution in [0.3, 0.4) is 0 Å². The molecule has 0 saturated carbocycles. The van der Waals surface area contributed by atoms with E-state index in [0.717, 1.165) is 0 Å². The van der Waals surface area contributed by atoms with Crippen LogP contribution in [-0.2, 0) is 9.53 Å². The summed E-state index contributed by atoms with van der Waals surface area (Å²) in [6.45, 7) is -0.134. The number of amides is 1. The van der Waals surface area contributed by atoms with Crippen LogP contribution in [0.25, 0.3) is 0 Å². The summed E-state index contributed by atoms with van der Waals surface area (Å²) in [6, 6.07) is 0.947. The molecular formula is C10H11F2N3O4. The minimum Gasteiger partial charge on any atom is -0.370 e. The van der Waals surface area contributed by atoms with E-state index in [2.05, 4.69) is 0 Å². The highest BCUT2D eigenvalue weighted by molar-refractivity contribution is 5.94. The van der Waals surface area contributed by atoms with Gasteiger partial charge in [-0.1, -0.05) is 0 Å². The summed E-state index contributed by atoms with van der Waals surface area (Å²) < 4.78 is 31.0. The Bertz CT molecular complexity index is 496. The fourth-order valence-corrected chi connectivity index (χ4v) is 1.25. The van der Waals surface area contributed by atoms with Gasteiger partial charge in [0.25, 0.3) is 11.6 Å². The van der Waals surface area contributed by atoms with Crippen LogP contribution in [0.15, 0.2) is 12.1 Å². The average Bonchev–Trinajstić information content (AvgIpc) is 2.32. The maximum absolute atomic E-state index is 13.4. The van der Waals surface area contributed by atoms with E-state index in [0.29, 0.717) is 12.1 Å². The molecule has 3 N–H and O–H groups in total. The molecule has 104 valence electrons. The van der Waals surface area contributed by atoms with Crippen LogP contribution in [0, 0.1) is 21.7 Å². The zero-order valence-electron chi connectivity index (χ0n) is 9.69. The van der Waals surface area contributed by atoms with E-state index in [1.807, 2.05) is 5.32 Å². The second-order valence-electron chi connectivity index (χ2n) is 3.43. The topological polar surface area (TPSA) is 107 Å². The predicted octanol–water partition coefficient (Wildman–Crippen LogP) is 0.787. The highest BCUT2D eigenvalue weighted by Gasteiger charge is 2.22. The lowest BCUT2D eigenvalue weighted by atomic mass is 10.2. The number of nitrogens with two attached hydrogens (primary N) is 1. The minimum atomic E-state index is -1.24. The van der Waals surface area contributed by atoms with E-state index in [-0.39, 0.29) is 13.2 Å². The summed E-state index contributed by atoms with van der Waals surface area (Å²) in [4.78, 5) is 21.0. The summed E-state index contributed by atoms with van der Waals surface area (Å²) in [5, 5.41) is 12.6. The second kappa shape index (κ2) is 6.71. The SMILES string of the molecule is NCCOCC(=O)Nc1c(F)cc(F)cc1[N+](=O)[O-]. The predicted molar refractivity (Wildman–Crippen MR) is 61.5 cm³/mol. The normalized spacial score (nSPS) is 10.3. The van der Waals surface area contributed by atoms with Crippen LogP contribution in [-0.4, -0.2) is 30.6 Å². The van der Waals surface area contributed by atoms with E-state index >= 15 is 0 Å². The van der Waals surface area contributed by atoms with Crippen molar-refractivity contribution in [3.63, 3.8) is 0 Å². The largest absolute Gasteiger partial charge is 0.370 e. The van der Waals surface area contributed by atoms with Gasteiger partial charge in [0.1, 0.15) is 12.4 Å². The number of nitro benzene ring substituents is 1. The van der Waals surface area contributed by atoms with Crippen molar-refractivity contribution >= 4 is 17.3 Å². The first-order valence-corrected chi connectivity index (χ1v) is 5.16. The number of carbonyl (C=O) groups is 1. The number of nitrogens with one attached hydrogen (secondary N) is 1. The quantitative estimate of drug-likeness (QED) is 0.453. The van der Waals surface area contributed by atoms with Gasteiger partial charge in [0.2, 0.25) is 0 Å². The number of nitro groups is 1. The molecule has 0 saturated heterocycles. The van der Waals surface area contributed by atoms with Crippen molar-refractivity contribution < 1.29 is 23.2 Å². The van der Waals surface area contributed by atoms with Crippen molar-refractivity contribution in [2.75, 3.05) is 25.1 Å². The van der Waals surface area contributed by atoms with Crippen LogP contribution in [0.5, 0.6) is 0 Å². The number of nitrogens with zero attached hydrogens (tertiary/aromatic N) is 1. The summed E-state index contributed by atoms with van der Waals surface area (Å²) in [5.74, 6) is -3.15.